The number of benzene rings is 1. The van der Waals surface area contributed by atoms with Crippen LogP contribution >= 0.6 is 0 Å². The number of hydrogen-bond donors (Lipinski definition) is 1. The monoisotopic (exact) mass is 316 g/mol. The summed E-state index contributed by atoms with van der Waals surface area (Å²) in [5.41, 5.74) is 6.91. The van der Waals surface area contributed by atoms with Crippen LogP contribution in [0.15, 0.2) is 29.1 Å². The van der Waals surface area contributed by atoms with Crippen molar-refractivity contribution in [3.05, 3.63) is 51.9 Å². The van der Waals surface area contributed by atoms with Crippen LogP contribution in [0.1, 0.15) is 12.6 Å². The zero-order valence-corrected chi connectivity index (χ0v) is 12.6. The summed E-state index contributed by atoms with van der Waals surface area (Å²) >= 11 is 0. The van der Waals surface area contributed by atoms with Crippen molar-refractivity contribution in [3.63, 3.8) is 0 Å². The van der Waals surface area contributed by atoms with Gasteiger partial charge in [-0.3, -0.25) is 9.36 Å². The average Bonchev–Trinajstić information content (AvgIpc) is 2.50. The number of fused-ring (bicyclic) bond motifs is 1. The number of pyridine rings is 1. The van der Waals surface area contributed by atoms with Gasteiger partial charge in [0.1, 0.15) is 5.65 Å². The fourth-order valence-corrected chi connectivity index (χ4v) is 2.57. The molecule has 0 aliphatic heterocycles. The lowest BCUT2D eigenvalue weighted by atomic mass is 10.0. The Bertz CT molecular complexity index is 982. The maximum absolute atomic E-state index is 13.5. The fourth-order valence-electron chi connectivity index (χ4n) is 2.57. The molecule has 2 aromatic heterocycles. The maximum Gasteiger partial charge on any atom is 0.260 e. The standard InChI is InChI=1S/C16H14F2N4O/c1-3-22-14-10(8(2)20-16(19)21-14)7-11(15(22)23)9-4-5-12(17)13(18)6-9/h4-7H,3H2,1-2H3,(H2,19,20,21). The molecule has 0 atom stereocenters. The minimum absolute atomic E-state index is 0.0807. The first-order valence-corrected chi connectivity index (χ1v) is 7.05. The van der Waals surface area contributed by atoms with Gasteiger partial charge in [-0.25, -0.2) is 13.8 Å². The van der Waals surface area contributed by atoms with Gasteiger partial charge in [0, 0.05) is 17.5 Å². The molecule has 0 fully saturated rings. The fraction of sp³-hybridized carbons (Fsp3) is 0.188. The molecule has 3 aromatic rings. The molecule has 3 rings (SSSR count). The van der Waals surface area contributed by atoms with Gasteiger partial charge in [0.2, 0.25) is 5.95 Å². The van der Waals surface area contributed by atoms with Gasteiger partial charge in [0.15, 0.2) is 11.6 Å². The first-order chi connectivity index (χ1) is 10.9. The Balaban J connectivity index is 2.40. The second-order valence-corrected chi connectivity index (χ2v) is 5.14. The topological polar surface area (TPSA) is 73.8 Å². The van der Waals surface area contributed by atoms with Crippen LogP contribution in [0.2, 0.25) is 0 Å². The van der Waals surface area contributed by atoms with E-state index in [0.29, 0.717) is 28.8 Å². The van der Waals surface area contributed by atoms with Gasteiger partial charge in [-0.2, -0.15) is 4.98 Å². The molecule has 0 spiro atoms. The molecule has 0 saturated carbocycles. The molecule has 0 aliphatic rings. The van der Waals surface area contributed by atoms with Crippen molar-refractivity contribution in [2.45, 2.75) is 20.4 Å². The van der Waals surface area contributed by atoms with Gasteiger partial charge in [-0.1, -0.05) is 6.07 Å². The highest BCUT2D eigenvalue weighted by atomic mass is 19.2. The Labute approximate surface area is 130 Å². The Kier molecular flexibility index (Phi) is 3.55. The SMILES string of the molecule is CCn1c(=O)c(-c2ccc(F)c(F)c2)cc2c(C)nc(N)nc21. The van der Waals surface area contributed by atoms with Crippen LogP contribution < -0.4 is 11.3 Å². The number of nitrogens with zero attached hydrogens (tertiary/aromatic N) is 3. The summed E-state index contributed by atoms with van der Waals surface area (Å²) < 4.78 is 28.1. The van der Waals surface area contributed by atoms with E-state index in [0.717, 1.165) is 12.1 Å². The predicted molar refractivity (Wildman–Crippen MR) is 84.0 cm³/mol. The van der Waals surface area contributed by atoms with Crippen LogP contribution in [0.3, 0.4) is 0 Å². The molecule has 1 aromatic carbocycles. The van der Waals surface area contributed by atoms with Gasteiger partial charge in [0.25, 0.3) is 5.56 Å². The Morgan fingerprint density at radius 1 is 1.17 bits per heavy atom. The van der Waals surface area contributed by atoms with Crippen molar-refractivity contribution in [1.29, 1.82) is 0 Å². The van der Waals surface area contributed by atoms with E-state index >= 15 is 0 Å². The number of hydrogen-bond acceptors (Lipinski definition) is 4. The summed E-state index contributed by atoms with van der Waals surface area (Å²) in [5, 5.41) is 0.639. The quantitative estimate of drug-likeness (QED) is 0.789. The minimum Gasteiger partial charge on any atom is -0.368 e. The number of halogens is 2. The van der Waals surface area contributed by atoms with Crippen molar-refractivity contribution in [2.75, 3.05) is 5.73 Å². The third-order valence-corrected chi connectivity index (χ3v) is 3.70. The maximum atomic E-state index is 13.5. The lowest BCUT2D eigenvalue weighted by Crippen LogP contribution is -2.23. The number of aromatic nitrogens is 3. The predicted octanol–water partition coefficient (Wildman–Crippen LogP) is 2.65. The normalized spacial score (nSPS) is 11.1. The third-order valence-electron chi connectivity index (χ3n) is 3.70. The summed E-state index contributed by atoms with van der Waals surface area (Å²) in [7, 11) is 0. The number of rotatable bonds is 2. The molecule has 0 unspecified atom stereocenters. The van der Waals surface area contributed by atoms with Crippen molar-refractivity contribution in [2.24, 2.45) is 0 Å². The van der Waals surface area contributed by atoms with E-state index in [1.54, 1.807) is 19.9 Å². The van der Waals surface area contributed by atoms with Crippen LogP contribution in [0.25, 0.3) is 22.2 Å². The highest BCUT2D eigenvalue weighted by Gasteiger charge is 2.15. The second kappa shape index (κ2) is 5.42. The highest BCUT2D eigenvalue weighted by Crippen LogP contribution is 2.23. The molecule has 0 bridgehead atoms. The molecule has 2 heterocycles. The molecular weight excluding hydrogens is 302 g/mol. The summed E-state index contributed by atoms with van der Waals surface area (Å²) in [6.45, 7) is 3.91. The van der Waals surface area contributed by atoms with E-state index in [1.165, 1.54) is 10.6 Å². The molecule has 0 amide bonds. The first-order valence-electron chi connectivity index (χ1n) is 7.05. The molecule has 0 aliphatic carbocycles. The van der Waals surface area contributed by atoms with E-state index < -0.39 is 11.6 Å². The van der Waals surface area contributed by atoms with Gasteiger partial charge in [0.05, 0.1) is 5.69 Å². The van der Waals surface area contributed by atoms with Gasteiger partial charge in [-0.05, 0) is 37.6 Å². The molecular formula is C16H14F2N4O. The summed E-state index contributed by atoms with van der Waals surface area (Å²) in [6, 6.07) is 4.96. The number of aryl methyl sites for hydroxylation is 2. The average molecular weight is 316 g/mol. The van der Waals surface area contributed by atoms with Crippen molar-refractivity contribution >= 4 is 17.0 Å². The molecule has 0 radical (unpaired) electrons. The largest absolute Gasteiger partial charge is 0.368 e. The Hall–Kier alpha value is -2.83. The second-order valence-electron chi connectivity index (χ2n) is 5.14. The van der Waals surface area contributed by atoms with Crippen molar-refractivity contribution in [1.82, 2.24) is 14.5 Å². The third kappa shape index (κ3) is 2.44. The zero-order chi connectivity index (χ0) is 16.7. The van der Waals surface area contributed by atoms with Gasteiger partial charge in [-0.15, -0.1) is 0 Å². The van der Waals surface area contributed by atoms with Crippen molar-refractivity contribution < 1.29 is 8.78 Å². The molecule has 118 valence electrons. The molecule has 2 N–H and O–H groups in total. The van der Waals surface area contributed by atoms with E-state index in [9.17, 15) is 13.6 Å². The van der Waals surface area contributed by atoms with Crippen LogP contribution in [-0.4, -0.2) is 14.5 Å². The molecule has 7 heteroatoms. The lowest BCUT2D eigenvalue weighted by Gasteiger charge is -2.12. The summed E-state index contributed by atoms with van der Waals surface area (Å²) in [5.74, 6) is -1.88. The van der Waals surface area contributed by atoms with Crippen LogP contribution in [0.4, 0.5) is 14.7 Å². The Morgan fingerprint density at radius 3 is 2.57 bits per heavy atom. The molecule has 0 saturated heterocycles. The molecule has 5 nitrogen and oxygen atoms in total. The van der Waals surface area contributed by atoms with E-state index in [-0.39, 0.29) is 17.1 Å². The minimum atomic E-state index is -1.00. The molecule has 23 heavy (non-hydrogen) atoms. The number of nitrogens with two attached hydrogens (primary N) is 1. The summed E-state index contributed by atoms with van der Waals surface area (Å²) in [6.07, 6.45) is 0. The van der Waals surface area contributed by atoms with Gasteiger partial charge >= 0.3 is 0 Å². The Morgan fingerprint density at radius 2 is 1.91 bits per heavy atom. The van der Waals surface area contributed by atoms with E-state index in [1.807, 2.05) is 0 Å². The van der Waals surface area contributed by atoms with Gasteiger partial charge < -0.3 is 5.73 Å². The lowest BCUT2D eigenvalue weighted by molar-refractivity contribution is 0.509. The zero-order valence-electron chi connectivity index (χ0n) is 12.6. The number of anilines is 1. The smallest absolute Gasteiger partial charge is 0.260 e. The highest BCUT2D eigenvalue weighted by molar-refractivity contribution is 5.84. The first kappa shape index (κ1) is 15.1. The van der Waals surface area contributed by atoms with Crippen LogP contribution in [0.5, 0.6) is 0 Å². The number of nitrogen functional groups attached to an aromatic ring is 1. The van der Waals surface area contributed by atoms with E-state index in [4.69, 9.17) is 5.73 Å². The summed E-state index contributed by atoms with van der Waals surface area (Å²) in [4.78, 5) is 20.9. The van der Waals surface area contributed by atoms with E-state index in [2.05, 4.69) is 9.97 Å². The van der Waals surface area contributed by atoms with Crippen LogP contribution in [-0.2, 0) is 6.54 Å². The van der Waals surface area contributed by atoms with Crippen LogP contribution in [0, 0.1) is 18.6 Å². The van der Waals surface area contributed by atoms with Crippen molar-refractivity contribution in [3.8, 4) is 11.1 Å².